The van der Waals surface area contributed by atoms with Crippen molar-refractivity contribution in [2.75, 3.05) is 0 Å². The lowest BCUT2D eigenvalue weighted by molar-refractivity contribution is 1.56. The third-order valence-electron chi connectivity index (χ3n) is 0.339. The second-order valence-corrected chi connectivity index (χ2v) is 1.73. The Morgan fingerprint density at radius 3 is 2.29 bits per heavy atom. The summed E-state index contributed by atoms with van der Waals surface area (Å²) < 4.78 is 0.288. The third kappa shape index (κ3) is 5.56. The topological polar surface area (TPSA) is 47.7 Å². The van der Waals surface area contributed by atoms with Gasteiger partial charge < -0.3 is 5.41 Å². The van der Waals surface area contributed by atoms with E-state index in [4.69, 9.17) is 10.8 Å². The predicted octanol–water partition coefficient (Wildman–Crippen LogP) is 1.56. The summed E-state index contributed by atoms with van der Waals surface area (Å²) in [5.74, 6) is 0. The van der Waals surface area contributed by atoms with Gasteiger partial charge in [-0.1, -0.05) is 0 Å². The highest BCUT2D eigenvalue weighted by atomic mass is 79.9. The Morgan fingerprint density at radius 2 is 2.14 bits per heavy atom. The van der Waals surface area contributed by atoms with Crippen molar-refractivity contribution in [2.45, 2.75) is 0 Å². The highest BCUT2D eigenvalue weighted by molar-refractivity contribution is 9.18. The molecule has 0 rings (SSSR count). The first-order valence-corrected chi connectivity index (χ1v) is 2.48. The highest BCUT2D eigenvalue weighted by Gasteiger charge is 1.71. The van der Waals surface area contributed by atoms with Crippen LogP contribution in [0.4, 0.5) is 0 Å². The molecule has 0 spiro atoms. The average molecular weight is 161 g/mol. The van der Waals surface area contributed by atoms with E-state index in [1.165, 1.54) is 12.2 Å². The van der Waals surface area contributed by atoms with Gasteiger partial charge in [0, 0.05) is 6.21 Å². The first-order chi connectivity index (χ1) is 3.27. The first kappa shape index (κ1) is 6.56. The molecule has 0 fully saturated rings. The number of rotatable bonds is 2. The summed E-state index contributed by atoms with van der Waals surface area (Å²) in [5.41, 5.74) is 0. The Balaban J connectivity index is 3.46. The van der Waals surface area contributed by atoms with E-state index in [1.807, 2.05) is 0 Å². The second-order valence-electron chi connectivity index (χ2n) is 0.874. The monoisotopic (exact) mass is 160 g/mol. The van der Waals surface area contributed by atoms with Gasteiger partial charge in [0.2, 0.25) is 0 Å². The van der Waals surface area contributed by atoms with Crippen molar-refractivity contribution >= 4 is 26.8 Å². The van der Waals surface area contributed by atoms with Crippen molar-refractivity contribution in [3.8, 4) is 0 Å². The Bertz CT molecular complexity index is 106. The molecule has 0 aromatic heterocycles. The number of nitrogens with one attached hydrogen (secondary N) is 2. The molecular weight excluding hydrogens is 156 g/mol. The molecule has 0 bridgehead atoms. The third-order valence-corrected chi connectivity index (χ3v) is 0.603. The van der Waals surface area contributed by atoms with Gasteiger partial charge in [-0.05, 0) is 28.1 Å². The molecule has 3 heteroatoms. The minimum absolute atomic E-state index is 0.288. The molecular formula is C4H5BrN2. The van der Waals surface area contributed by atoms with Gasteiger partial charge in [-0.2, -0.15) is 0 Å². The van der Waals surface area contributed by atoms with E-state index >= 15 is 0 Å². The van der Waals surface area contributed by atoms with Crippen molar-refractivity contribution < 1.29 is 0 Å². The molecule has 38 valence electrons. The Labute approximate surface area is 50.4 Å². The van der Waals surface area contributed by atoms with Gasteiger partial charge in [-0.25, -0.2) is 0 Å². The number of halogens is 1. The molecule has 0 radical (unpaired) electrons. The molecule has 0 aromatic rings. The van der Waals surface area contributed by atoms with E-state index in [0.29, 0.717) is 0 Å². The van der Waals surface area contributed by atoms with Gasteiger partial charge in [-0.3, -0.25) is 5.41 Å². The fourth-order valence-electron chi connectivity index (χ4n) is 0.133. The zero-order chi connectivity index (χ0) is 5.70. The Kier molecular flexibility index (Phi) is 3.50. The van der Waals surface area contributed by atoms with Crippen LogP contribution in [0.3, 0.4) is 0 Å². The maximum atomic E-state index is 6.72. The molecule has 2 N–H and O–H groups in total. The summed E-state index contributed by atoms with van der Waals surface area (Å²) in [5, 5.41) is 13.2. The molecule has 0 aromatic carbocycles. The van der Waals surface area contributed by atoms with Crippen molar-refractivity contribution in [3.63, 3.8) is 0 Å². The second kappa shape index (κ2) is 3.74. The molecule has 0 aliphatic rings. The van der Waals surface area contributed by atoms with Gasteiger partial charge in [0.15, 0.2) is 0 Å². The largest absolute Gasteiger partial charge is 0.309 e. The molecule has 0 saturated carbocycles. The molecule has 0 saturated heterocycles. The molecule has 0 amide bonds. The quantitative estimate of drug-likeness (QED) is 0.577. The Morgan fingerprint density at radius 1 is 1.57 bits per heavy atom. The minimum Gasteiger partial charge on any atom is -0.309 e. The zero-order valence-corrected chi connectivity index (χ0v) is 5.20. The normalized spacial score (nSPS) is 9.29. The van der Waals surface area contributed by atoms with Crippen LogP contribution in [0.2, 0.25) is 0 Å². The summed E-state index contributed by atoms with van der Waals surface area (Å²) in [4.78, 5) is 0. The molecule has 0 aliphatic heterocycles. The standard InChI is InChI=1S/C4H5BrN2/c5-4(7)2-1-3-6/h1-3,6-7H/b2-1-,6-3?,7-4?. The van der Waals surface area contributed by atoms with Crippen LogP contribution in [-0.4, -0.2) is 10.8 Å². The van der Waals surface area contributed by atoms with Gasteiger partial charge in [0.25, 0.3) is 0 Å². The van der Waals surface area contributed by atoms with Crippen molar-refractivity contribution in [3.05, 3.63) is 12.2 Å². The summed E-state index contributed by atoms with van der Waals surface area (Å²) >= 11 is 2.87. The predicted molar refractivity (Wildman–Crippen MR) is 34.6 cm³/mol. The van der Waals surface area contributed by atoms with Gasteiger partial charge >= 0.3 is 0 Å². The van der Waals surface area contributed by atoms with Crippen LogP contribution in [0.5, 0.6) is 0 Å². The summed E-state index contributed by atoms with van der Waals surface area (Å²) in [6.45, 7) is 0. The van der Waals surface area contributed by atoms with Crippen LogP contribution in [-0.2, 0) is 0 Å². The lowest BCUT2D eigenvalue weighted by atomic mass is 10.5. The molecule has 0 heterocycles. The van der Waals surface area contributed by atoms with Crippen molar-refractivity contribution in [1.82, 2.24) is 0 Å². The SMILES string of the molecule is N=C/C=C\C(=N)Br. The average Bonchev–Trinajstić information content (AvgIpc) is 1.61. The molecule has 0 atom stereocenters. The van der Waals surface area contributed by atoms with E-state index in [1.54, 1.807) is 0 Å². The minimum atomic E-state index is 0.288. The fourth-order valence-corrected chi connectivity index (χ4v) is 0.285. The molecule has 0 unspecified atom stereocenters. The number of hydrogen-bond acceptors (Lipinski definition) is 2. The maximum absolute atomic E-state index is 6.72. The van der Waals surface area contributed by atoms with E-state index < -0.39 is 0 Å². The lowest BCUT2D eigenvalue weighted by Gasteiger charge is -1.71. The van der Waals surface area contributed by atoms with Crippen molar-refractivity contribution in [1.29, 1.82) is 10.8 Å². The van der Waals surface area contributed by atoms with Crippen LogP contribution < -0.4 is 0 Å². The summed E-state index contributed by atoms with van der Waals surface area (Å²) in [6, 6.07) is 0. The first-order valence-electron chi connectivity index (χ1n) is 1.68. The molecule has 0 aliphatic carbocycles. The zero-order valence-electron chi connectivity index (χ0n) is 3.61. The lowest BCUT2D eigenvalue weighted by Crippen LogP contribution is -1.70. The van der Waals surface area contributed by atoms with E-state index in [9.17, 15) is 0 Å². The van der Waals surface area contributed by atoms with E-state index in [2.05, 4.69) is 15.9 Å². The smallest absolute Gasteiger partial charge is 0.0967 e. The van der Waals surface area contributed by atoms with Crippen molar-refractivity contribution in [2.24, 2.45) is 0 Å². The Hall–Kier alpha value is -0.440. The summed E-state index contributed by atoms with van der Waals surface area (Å²) in [6.07, 6.45) is 4.07. The number of allylic oxidation sites excluding steroid dienone is 2. The van der Waals surface area contributed by atoms with Crippen LogP contribution in [0.25, 0.3) is 0 Å². The maximum Gasteiger partial charge on any atom is 0.0967 e. The molecule has 7 heavy (non-hydrogen) atoms. The number of hydrogen-bond donors (Lipinski definition) is 2. The van der Waals surface area contributed by atoms with Gasteiger partial charge in [-0.15, -0.1) is 0 Å². The van der Waals surface area contributed by atoms with Crippen LogP contribution in [0.15, 0.2) is 12.2 Å². The van der Waals surface area contributed by atoms with Crippen LogP contribution in [0.1, 0.15) is 0 Å². The van der Waals surface area contributed by atoms with E-state index in [-0.39, 0.29) is 4.62 Å². The van der Waals surface area contributed by atoms with Crippen LogP contribution in [0, 0.1) is 10.8 Å². The summed E-state index contributed by atoms with van der Waals surface area (Å²) in [7, 11) is 0. The van der Waals surface area contributed by atoms with E-state index in [0.717, 1.165) is 6.21 Å². The highest BCUT2D eigenvalue weighted by Crippen LogP contribution is 1.83. The van der Waals surface area contributed by atoms with Gasteiger partial charge in [0.05, 0.1) is 4.62 Å². The fraction of sp³-hybridized carbons (Fsp3) is 0. The van der Waals surface area contributed by atoms with Crippen LogP contribution >= 0.6 is 15.9 Å². The molecule has 2 nitrogen and oxygen atoms in total. The van der Waals surface area contributed by atoms with Gasteiger partial charge in [0.1, 0.15) is 0 Å².